The van der Waals surface area contributed by atoms with Crippen LogP contribution in [0, 0.1) is 0 Å². The van der Waals surface area contributed by atoms with Gasteiger partial charge in [0, 0.05) is 0 Å². The van der Waals surface area contributed by atoms with Crippen LogP contribution in [0.2, 0.25) is 0 Å². The Balaban J connectivity index is -0.0000000200. The molecule has 0 unspecified atom stereocenters. The van der Waals surface area contributed by atoms with Crippen LogP contribution >= 0.6 is 12.4 Å². The molecule has 36 valence electrons. The summed E-state index contributed by atoms with van der Waals surface area (Å²) in [6.45, 7) is 4.25. The molecule has 0 fully saturated rings. The van der Waals surface area contributed by atoms with Gasteiger partial charge >= 0.3 is 0 Å². The van der Waals surface area contributed by atoms with Crippen LogP contribution in [-0.4, -0.2) is 0 Å². The van der Waals surface area contributed by atoms with Gasteiger partial charge in [-0.15, -0.1) is 12.4 Å². The summed E-state index contributed by atoms with van der Waals surface area (Å²) >= 11 is 0. The smallest absolute Gasteiger partial charge is 0.0590 e. The minimum absolute atomic E-state index is 0. The first-order valence-electron chi connectivity index (χ1n) is 1.41. The highest BCUT2D eigenvalue weighted by molar-refractivity contribution is 5.85. The highest BCUT2D eigenvalue weighted by Crippen LogP contribution is 1.56. The van der Waals surface area contributed by atoms with Crippen molar-refractivity contribution >= 4 is 12.4 Å². The van der Waals surface area contributed by atoms with Crippen molar-refractivity contribution in [1.29, 1.82) is 0 Å². The highest BCUT2D eigenvalue weighted by atomic mass is 35.5. The fourth-order valence-electron chi connectivity index (χ4n) is 0. The maximum absolute atomic E-state index is 2.12. The average Bonchev–Trinajstić information content (AvgIpc) is 0.918. The fourth-order valence-corrected chi connectivity index (χ4v) is 0. The van der Waals surface area contributed by atoms with Crippen molar-refractivity contribution in [3.8, 4) is 0 Å². The Kier molecular flexibility index (Phi) is 108. The molecular weight excluding hydrogens is 85.5 g/mol. The van der Waals surface area contributed by atoms with Gasteiger partial charge < -0.3 is 6.15 Å². The summed E-state index contributed by atoms with van der Waals surface area (Å²) < 4.78 is 0. The summed E-state index contributed by atoms with van der Waals surface area (Å²) in [6.07, 6.45) is 1.25. The van der Waals surface area contributed by atoms with Gasteiger partial charge in [0.15, 0.2) is 0 Å². The Hall–Kier alpha value is 0.250. The lowest BCUT2D eigenvalue weighted by molar-refractivity contribution is 1.09. The van der Waals surface area contributed by atoms with E-state index in [0.717, 1.165) is 0 Å². The quantitative estimate of drug-likeness (QED) is 0.493. The minimum atomic E-state index is 0. The molecule has 0 radical (unpaired) electrons. The van der Waals surface area contributed by atoms with Crippen molar-refractivity contribution in [3.05, 3.63) is 0 Å². The van der Waals surface area contributed by atoms with Crippen LogP contribution in [-0.2, 0) is 0 Å². The van der Waals surface area contributed by atoms with E-state index in [1.54, 1.807) is 0 Å². The van der Waals surface area contributed by atoms with E-state index >= 15 is 0 Å². The molecule has 0 saturated carbocycles. The average molecular weight is 97.6 g/mol. The normalized spacial score (nSPS) is 3.60. The molecule has 0 aromatic carbocycles. The van der Waals surface area contributed by atoms with Gasteiger partial charge in [0.1, 0.15) is 0 Å². The van der Waals surface area contributed by atoms with E-state index in [1.165, 1.54) is 6.42 Å². The van der Waals surface area contributed by atoms with Gasteiger partial charge in [-0.2, -0.15) is 0 Å². The molecule has 0 aliphatic carbocycles. The number of hydrogen-bond donors (Lipinski definition) is 1. The van der Waals surface area contributed by atoms with Gasteiger partial charge in [-0.25, -0.2) is 0 Å². The zero-order chi connectivity index (χ0) is 2.71. The summed E-state index contributed by atoms with van der Waals surface area (Å²) in [4.78, 5) is 0. The molecule has 0 aromatic rings. The van der Waals surface area contributed by atoms with Crippen molar-refractivity contribution in [2.45, 2.75) is 20.3 Å². The lowest BCUT2D eigenvalue weighted by Gasteiger charge is -1.48. The minimum Gasteiger partial charge on any atom is -0.344 e. The molecule has 0 aromatic heterocycles. The van der Waals surface area contributed by atoms with Crippen LogP contribution < -0.4 is 6.15 Å². The second-order valence-electron chi connectivity index (χ2n) is 0.707. The number of rotatable bonds is 0. The van der Waals surface area contributed by atoms with Gasteiger partial charge in [0.25, 0.3) is 0 Å². The summed E-state index contributed by atoms with van der Waals surface area (Å²) in [5.41, 5.74) is 0. The van der Waals surface area contributed by atoms with E-state index in [1.807, 2.05) is 0 Å². The van der Waals surface area contributed by atoms with Crippen LogP contribution in [0.3, 0.4) is 0 Å². The number of halogens is 1. The third kappa shape index (κ3) is 344. The molecule has 0 atom stereocenters. The Morgan fingerprint density at radius 1 is 1.20 bits per heavy atom. The molecule has 0 bridgehead atoms. The van der Waals surface area contributed by atoms with Crippen molar-refractivity contribution in [2.24, 2.45) is 0 Å². The SMILES string of the molecule is CCC.Cl.N. The van der Waals surface area contributed by atoms with Crippen molar-refractivity contribution < 1.29 is 0 Å². The maximum atomic E-state index is 2.12. The van der Waals surface area contributed by atoms with Crippen LogP contribution in [0.25, 0.3) is 0 Å². The Bertz CT molecular complexity index is 6.85. The molecule has 1 nitrogen and oxygen atoms in total. The molecular formula is C3H12ClN. The zero-order valence-corrected chi connectivity index (χ0v) is 4.64. The summed E-state index contributed by atoms with van der Waals surface area (Å²) in [7, 11) is 0. The number of hydrogen-bond acceptors (Lipinski definition) is 1. The van der Waals surface area contributed by atoms with Crippen LogP contribution in [0.5, 0.6) is 0 Å². The highest BCUT2D eigenvalue weighted by Gasteiger charge is 1.35. The molecule has 0 heterocycles. The first-order valence-corrected chi connectivity index (χ1v) is 1.41. The molecule has 0 aliphatic rings. The van der Waals surface area contributed by atoms with Crippen LogP contribution in [0.1, 0.15) is 20.3 Å². The van der Waals surface area contributed by atoms with E-state index in [9.17, 15) is 0 Å². The van der Waals surface area contributed by atoms with Gasteiger partial charge in [-0.3, -0.25) is 0 Å². The molecule has 2 heteroatoms. The molecule has 0 saturated heterocycles. The van der Waals surface area contributed by atoms with Crippen molar-refractivity contribution in [2.75, 3.05) is 0 Å². The summed E-state index contributed by atoms with van der Waals surface area (Å²) in [5.74, 6) is 0. The maximum Gasteiger partial charge on any atom is -0.0590 e. The van der Waals surface area contributed by atoms with Gasteiger partial charge in [-0.05, 0) is 0 Å². The lowest BCUT2D eigenvalue weighted by atomic mass is 10.6. The van der Waals surface area contributed by atoms with Gasteiger partial charge in [0.2, 0.25) is 0 Å². The largest absolute Gasteiger partial charge is 0.344 e. The van der Waals surface area contributed by atoms with Crippen molar-refractivity contribution in [1.82, 2.24) is 6.15 Å². The summed E-state index contributed by atoms with van der Waals surface area (Å²) in [6, 6.07) is 0. The molecule has 3 N–H and O–H groups in total. The third-order valence-electron chi connectivity index (χ3n) is 0. The monoisotopic (exact) mass is 97.1 g/mol. The first kappa shape index (κ1) is 18.7. The summed E-state index contributed by atoms with van der Waals surface area (Å²) in [5, 5.41) is 0. The van der Waals surface area contributed by atoms with E-state index in [4.69, 9.17) is 0 Å². The molecule has 5 heavy (non-hydrogen) atoms. The Morgan fingerprint density at radius 2 is 1.20 bits per heavy atom. The third-order valence-corrected chi connectivity index (χ3v) is 0. The fraction of sp³-hybridized carbons (Fsp3) is 1.00. The predicted octanol–water partition coefficient (Wildman–Crippen LogP) is 2.00. The predicted molar refractivity (Wildman–Crippen MR) is 28.2 cm³/mol. The standard InChI is InChI=1S/C3H8.ClH.H3N/c1-3-2;;/h3H2,1-2H3;1H;1H3. The first-order chi connectivity index (χ1) is 1.41. The molecule has 0 aliphatic heterocycles. The second kappa shape index (κ2) is 28.7. The van der Waals surface area contributed by atoms with E-state index in [-0.39, 0.29) is 18.6 Å². The lowest BCUT2D eigenvalue weighted by Crippen LogP contribution is -1.27. The second-order valence-corrected chi connectivity index (χ2v) is 0.707. The van der Waals surface area contributed by atoms with Crippen LogP contribution in [0.15, 0.2) is 0 Å². The topological polar surface area (TPSA) is 35.0 Å². The Labute approximate surface area is 39.8 Å². The van der Waals surface area contributed by atoms with E-state index in [2.05, 4.69) is 13.8 Å². The molecule has 0 spiro atoms. The zero-order valence-electron chi connectivity index (χ0n) is 3.82. The molecule has 0 amide bonds. The van der Waals surface area contributed by atoms with Gasteiger partial charge in [0.05, 0.1) is 0 Å². The van der Waals surface area contributed by atoms with Crippen molar-refractivity contribution in [3.63, 3.8) is 0 Å². The van der Waals surface area contributed by atoms with E-state index < -0.39 is 0 Å². The molecule has 0 rings (SSSR count). The Morgan fingerprint density at radius 3 is 1.20 bits per heavy atom. The van der Waals surface area contributed by atoms with Crippen LogP contribution in [0.4, 0.5) is 0 Å². The van der Waals surface area contributed by atoms with E-state index in [0.29, 0.717) is 0 Å². The van der Waals surface area contributed by atoms with Gasteiger partial charge in [-0.1, -0.05) is 20.3 Å².